The second-order valence-electron chi connectivity index (χ2n) is 13.7. The zero-order valence-electron chi connectivity index (χ0n) is 22.8. The molecule has 0 aliphatic heterocycles. The van der Waals surface area contributed by atoms with Crippen molar-refractivity contribution in [2.24, 2.45) is 52.3 Å². The second kappa shape index (κ2) is 9.69. The average molecular weight is 457 g/mol. The standard InChI is InChI=1S/C31H52O2/c1-20(2)9-8-10-22(5)26-13-14-27-25-12-11-23-19-24(33-29(32)21(3)4)15-17-30(23,6)28(25)16-18-31(26,27)7/h11,20-22,24-28H,8-10,12-19H2,1-7H3/t22-,24+,25-,26-,27+,28+,30-,31-/m0/s1. The molecule has 2 nitrogen and oxygen atoms in total. The molecule has 0 amide bonds. The van der Waals surface area contributed by atoms with Gasteiger partial charge in [0, 0.05) is 6.42 Å². The molecule has 4 rings (SSSR count). The van der Waals surface area contributed by atoms with Crippen LogP contribution in [0, 0.1) is 52.3 Å². The predicted molar refractivity (Wildman–Crippen MR) is 138 cm³/mol. The van der Waals surface area contributed by atoms with Crippen LogP contribution in [0.2, 0.25) is 0 Å². The Labute approximate surface area is 204 Å². The fraction of sp³-hybridized carbons (Fsp3) is 0.903. The molecule has 33 heavy (non-hydrogen) atoms. The SMILES string of the molecule is CC(C)CCC[C@H](C)[C@@H]1CC[C@@H]2[C@@H]3CC=C4C[C@H](OC(=O)C(C)C)CC[C@]4(C)[C@@H]3CC[C@]21C. The van der Waals surface area contributed by atoms with E-state index >= 15 is 0 Å². The molecule has 0 saturated heterocycles. The first-order chi connectivity index (χ1) is 15.6. The van der Waals surface area contributed by atoms with Crippen LogP contribution in [0.15, 0.2) is 11.6 Å². The third kappa shape index (κ3) is 4.71. The van der Waals surface area contributed by atoms with Gasteiger partial charge in [-0.15, -0.1) is 0 Å². The number of carbonyl (C=O) groups excluding carboxylic acids is 1. The van der Waals surface area contributed by atoms with Crippen LogP contribution in [0.1, 0.15) is 119 Å². The van der Waals surface area contributed by atoms with Crippen LogP contribution in [-0.2, 0) is 9.53 Å². The highest BCUT2D eigenvalue weighted by Crippen LogP contribution is 2.67. The van der Waals surface area contributed by atoms with E-state index in [1.54, 1.807) is 5.57 Å². The maximum absolute atomic E-state index is 12.2. The molecule has 3 saturated carbocycles. The average Bonchev–Trinajstić information content (AvgIpc) is 3.11. The zero-order valence-corrected chi connectivity index (χ0v) is 22.8. The lowest BCUT2D eigenvalue weighted by molar-refractivity contribution is -0.155. The summed E-state index contributed by atoms with van der Waals surface area (Å²) in [6.45, 7) is 16.5. The summed E-state index contributed by atoms with van der Waals surface area (Å²) in [7, 11) is 0. The Morgan fingerprint density at radius 1 is 1.00 bits per heavy atom. The molecule has 3 fully saturated rings. The minimum atomic E-state index is -0.0258. The van der Waals surface area contributed by atoms with Crippen molar-refractivity contribution < 1.29 is 9.53 Å². The van der Waals surface area contributed by atoms with Crippen molar-refractivity contribution in [1.82, 2.24) is 0 Å². The minimum Gasteiger partial charge on any atom is -0.462 e. The van der Waals surface area contributed by atoms with E-state index in [0.717, 1.165) is 48.3 Å². The van der Waals surface area contributed by atoms with Crippen LogP contribution in [0.4, 0.5) is 0 Å². The number of rotatable bonds is 7. The van der Waals surface area contributed by atoms with E-state index in [1.165, 1.54) is 57.8 Å². The summed E-state index contributed by atoms with van der Waals surface area (Å²) >= 11 is 0. The van der Waals surface area contributed by atoms with Crippen molar-refractivity contribution >= 4 is 5.97 Å². The Hall–Kier alpha value is -0.790. The van der Waals surface area contributed by atoms with Crippen LogP contribution in [0.25, 0.3) is 0 Å². The molecule has 0 aromatic heterocycles. The Bertz CT molecular complexity index is 735. The first-order valence-electron chi connectivity index (χ1n) is 14.5. The number of fused-ring (bicyclic) bond motifs is 5. The molecule has 0 N–H and O–H groups in total. The molecule has 2 heteroatoms. The summed E-state index contributed by atoms with van der Waals surface area (Å²) in [6, 6.07) is 0. The number of hydrogen-bond donors (Lipinski definition) is 0. The van der Waals surface area contributed by atoms with Crippen LogP contribution < -0.4 is 0 Å². The second-order valence-corrected chi connectivity index (χ2v) is 13.7. The summed E-state index contributed by atoms with van der Waals surface area (Å²) in [6.07, 6.45) is 17.2. The van der Waals surface area contributed by atoms with Gasteiger partial charge in [-0.25, -0.2) is 0 Å². The number of hydrogen-bond acceptors (Lipinski definition) is 2. The number of esters is 1. The fourth-order valence-electron chi connectivity index (χ4n) is 9.05. The monoisotopic (exact) mass is 456 g/mol. The van der Waals surface area contributed by atoms with E-state index in [9.17, 15) is 4.79 Å². The predicted octanol–water partition coefficient (Wildman–Crippen LogP) is 8.60. The molecule has 4 aliphatic carbocycles. The molecule has 188 valence electrons. The first-order valence-corrected chi connectivity index (χ1v) is 14.5. The Kier molecular flexibility index (Phi) is 7.43. The van der Waals surface area contributed by atoms with Gasteiger partial charge in [-0.2, -0.15) is 0 Å². The van der Waals surface area contributed by atoms with Gasteiger partial charge in [-0.3, -0.25) is 4.79 Å². The topological polar surface area (TPSA) is 26.3 Å². The van der Waals surface area contributed by atoms with Crippen LogP contribution >= 0.6 is 0 Å². The van der Waals surface area contributed by atoms with Gasteiger partial charge in [0.05, 0.1) is 5.92 Å². The van der Waals surface area contributed by atoms with Gasteiger partial charge in [-0.1, -0.05) is 79.4 Å². The zero-order chi connectivity index (χ0) is 24.0. The molecular weight excluding hydrogens is 404 g/mol. The van der Waals surface area contributed by atoms with Gasteiger partial charge < -0.3 is 4.74 Å². The van der Waals surface area contributed by atoms with Gasteiger partial charge in [0.2, 0.25) is 0 Å². The van der Waals surface area contributed by atoms with Gasteiger partial charge >= 0.3 is 5.97 Å². The van der Waals surface area contributed by atoms with E-state index in [-0.39, 0.29) is 18.0 Å². The van der Waals surface area contributed by atoms with Crippen molar-refractivity contribution in [3.63, 3.8) is 0 Å². The van der Waals surface area contributed by atoms with Gasteiger partial charge in [0.15, 0.2) is 0 Å². The van der Waals surface area contributed by atoms with E-state index in [1.807, 2.05) is 13.8 Å². The highest BCUT2D eigenvalue weighted by molar-refractivity contribution is 5.71. The van der Waals surface area contributed by atoms with Crippen molar-refractivity contribution in [2.45, 2.75) is 125 Å². The normalized spacial score (nSPS) is 41.2. The van der Waals surface area contributed by atoms with Crippen LogP contribution in [0.3, 0.4) is 0 Å². The largest absolute Gasteiger partial charge is 0.462 e. The first kappa shape index (κ1) is 25.3. The molecule has 4 aliphatic rings. The summed E-state index contributed by atoms with van der Waals surface area (Å²) in [4.78, 5) is 12.2. The van der Waals surface area contributed by atoms with E-state index in [2.05, 4.69) is 40.7 Å². The molecule has 0 aromatic rings. The Morgan fingerprint density at radius 3 is 2.45 bits per heavy atom. The molecule has 0 aromatic carbocycles. The lowest BCUT2D eigenvalue weighted by atomic mass is 9.47. The highest BCUT2D eigenvalue weighted by Gasteiger charge is 2.59. The van der Waals surface area contributed by atoms with Crippen LogP contribution in [-0.4, -0.2) is 12.1 Å². The molecule has 0 radical (unpaired) electrons. The highest BCUT2D eigenvalue weighted by atomic mass is 16.5. The maximum Gasteiger partial charge on any atom is 0.308 e. The molecule has 0 spiro atoms. The molecular formula is C31H52O2. The molecule has 0 bridgehead atoms. The minimum absolute atomic E-state index is 0.0224. The quantitative estimate of drug-likeness (QED) is 0.283. The molecule has 0 heterocycles. The molecule has 8 atom stereocenters. The van der Waals surface area contributed by atoms with Gasteiger partial charge in [0.1, 0.15) is 6.10 Å². The summed E-state index contributed by atoms with van der Waals surface area (Å²) in [5.41, 5.74) is 2.52. The van der Waals surface area contributed by atoms with Crippen molar-refractivity contribution in [3.05, 3.63) is 11.6 Å². The van der Waals surface area contributed by atoms with Crippen molar-refractivity contribution in [2.75, 3.05) is 0 Å². The Morgan fingerprint density at radius 2 is 1.76 bits per heavy atom. The van der Waals surface area contributed by atoms with E-state index in [0.29, 0.717) is 10.8 Å². The van der Waals surface area contributed by atoms with Crippen LogP contribution in [0.5, 0.6) is 0 Å². The van der Waals surface area contributed by atoms with Gasteiger partial charge in [0.25, 0.3) is 0 Å². The number of carbonyl (C=O) groups is 1. The van der Waals surface area contributed by atoms with Crippen molar-refractivity contribution in [3.8, 4) is 0 Å². The summed E-state index contributed by atoms with van der Waals surface area (Å²) in [5, 5.41) is 0. The third-order valence-corrected chi connectivity index (χ3v) is 11.0. The lowest BCUT2D eigenvalue weighted by Gasteiger charge is -2.58. The smallest absolute Gasteiger partial charge is 0.308 e. The summed E-state index contributed by atoms with van der Waals surface area (Å²) < 4.78 is 5.88. The molecule has 0 unspecified atom stereocenters. The summed E-state index contributed by atoms with van der Waals surface area (Å²) in [5.74, 6) is 5.24. The number of allylic oxidation sites excluding steroid dienone is 1. The maximum atomic E-state index is 12.2. The lowest BCUT2D eigenvalue weighted by Crippen LogP contribution is -2.51. The number of ether oxygens (including phenoxy) is 1. The van der Waals surface area contributed by atoms with E-state index in [4.69, 9.17) is 4.74 Å². The van der Waals surface area contributed by atoms with Gasteiger partial charge in [-0.05, 0) is 91.3 Å². The van der Waals surface area contributed by atoms with E-state index < -0.39 is 0 Å². The fourth-order valence-corrected chi connectivity index (χ4v) is 9.05. The third-order valence-electron chi connectivity index (χ3n) is 11.0. The van der Waals surface area contributed by atoms with Crippen molar-refractivity contribution in [1.29, 1.82) is 0 Å². The Balaban J connectivity index is 1.45.